The minimum Gasteiger partial charge on any atom is -0.391 e. The summed E-state index contributed by atoms with van der Waals surface area (Å²) in [6.45, 7) is 4.83. The van der Waals surface area contributed by atoms with Crippen LogP contribution in [-0.4, -0.2) is 35.6 Å². The highest BCUT2D eigenvalue weighted by Gasteiger charge is 2.23. The van der Waals surface area contributed by atoms with Crippen molar-refractivity contribution in [3.63, 3.8) is 0 Å². The van der Waals surface area contributed by atoms with Gasteiger partial charge in [-0.05, 0) is 26.3 Å². The second kappa shape index (κ2) is 5.18. The van der Waals surface area contributed by atoms with Gasteiger partial charge in [0.15, 0.2) is 5.82 Å². The van der Waals surface area contributed by atoms with Crippen LogP contribution in [0.25, 0.3) is 0 Å². The molecule has 1 aromatic rings. The third kappa shape index (κ3) is 2.41. The molecule has 1 aliphatic rings. The second-order valence-electron chi connectivity index (χ2n) is 4.26. The van der Waals surface area contributed by atoms with Gasteiger partial charge in [0, 0.05) is 19.1 Å². The monoisotopic (exact) mass is 237 g/mol. The minimum absolute atomic E-state index is 0.208. The van der Waals surface area contributed by atoms with E-state index in [0.29, 0.717) is 11.9 Å². The largest absolute Gasteiger partial charge is 0.391 e. The molecule has 0 aliphatic carbocycles. The standard InChI is InChI=1S/C11H19N5O/c1-2-16(8-4-3-5-13-6-8)10-9(12)11(17)15-7-14-10/h7-8,13H,2-6,12H2,1H3,(H,14,15,17). The van der Waals surface area contributed by atoms with Gasteiger partial charge in [-0.2, -0.15) is 0 Å². The summed E-state index contributed by atoms with van der Waals surface area (Å²) in [5.41, 5.74) is 5.74. The van der Waals surface area contributed by atoms with Gasteiger partial charge >= 0.3 is 0 Å². The number of aromatic nitrogens is 2. The Bertz CT molecular complexity index is 424. The maximum absolute atomic E-state index is 11.5. The quantitative estimate of drug-likeness (QED) is 0.685. The number of aromatic amines is 1. The highest BCUT2D eigenvalue weighted by atomic mass is 16.1. The Labute approximate surface area is 100 Å². The van der Waals surface area contributed by atoms with Crippen molar-refractivity contribution in [2.45, 2.75) is 25.8 Å². The number of hydrogen-bond donors (Lipinski definition) is 3. The molecular weight excluding hydrogens is 218 g/mol. The summed E-state index contributed by atoms with van der Waals surface area (Å²) >= 11 is 0. The van der Waals surface area contributed by atoms with Gasteiger partial charge in [0.25, 0.3) is 5.56 Å². The molecule has 1 aliphatic heterocycles. The molecule has 4 N–H and O–H groups in total. The normalized spacial score (nSPS) is 20.2. The van der Waals surface area contributed by atoms with E-state index in [1.807, 2.05) is 0 Å². The molecule has 0 spiro atoms. The van der Waals surface area contributed by atoms with Crippen LogP contribution in [0.3, 0.4) is 0 Å². The Morgan fingerprint density at radius 2 is 2.47 bits per heavy atom. The van der Waals surface area contributed by atoms with Crippen LogP contribution in [0, 0.1) is 0 Å². The van der Waals surface area contributed by atoms with Gasteiger partial charge in [-0.1, -0.05) is 0 Å². The summed E-state index contributed by atoms with van der Waals surface area (Å²) in [4.78, 5) is 20.3. The van der Waals surface area contributed by atoms with E-state index in [2.05, 4.69) is 27.1 Å². The zero-order valence-corrected chi connectivity index (χ0v) is 10.1. The highest BCUT2D eigenvalue weighted by Crippen LogP contribution is 2.21. The van der Waals surface area contributed by atoms with Crippen molar-refractivity contribution in [2.75, 3.05) is 30.3 Å². The summed E-state index contributed by atoms with van der Waals surface area (Å²) in [5.74, 6) is 0.602. The number of hydrogen-bond acceptors (Lipinski definition) is 5. The molecule has 6 nitrogen and oxygen atoms in total. The van der Waals surface area contributed by atoms with E-state index < -0.39 is 0 Å². The molecule has 1 unspecified atom stereocenters. The van der Waals surface area contributed by atoms with Gasteiger partial charge in [0.05, 0.1) is 6.33 Å². The average molecular weight is 237 g/mol. The van der Waals surface area contributed by atoms with E-state index in [9.17, 15) is 4.79 Å². The lowest BCUT2D eigenvalue weighted by Gasteiger charge is -2.35. The van der Waals surface area contributed by atoms with Gasteiger partial charge in [0.2, 0.25) is 0 Å². The lowest BCUT2D eigenvalue weighted by atomic mass is 10.1. The minimum atomic E-state index is -0.266. The Balaban J connectivity index is 2.27. The van der Waals surface area contributed by atoms with Gasteiger partial charge in [-0.3, -0.25) is 4.79 Å². The summed E-state index contributed by atoms with van der Waals surface area (Å²) in [6.07, 6.45) is 3.66. The van der Waals surface area contributed by atoms with Crippen molar-refractivity contribution in [1.29, 1.82) is 0 Å². The fourth-order valence-electron chi connectivity index (χ4n) is 2.31. The molecule has 2 heterocycles. The number of piperidine rings is 1. The molecule has 6 heteroatoms. The topological polar surface area (TPSA) is 87.0 Å². The van der Waals surface area contributed by atoms with Gasteiger partial charge in [0.1, 0.15) is 5.69 Å². The van der Waals surface area contributed by atoms with Gasteiger partial charge < -0.3 is 20.9 Å². The van der Waals surface area contributed by atoms with E-state index >= 15 is 0 Å². The first-order chi connectivity index (χ1) is 8.24. The predicted octanol–water partition coefficient (Wildman–Crippen LogP) is -0.0696. The number of nitrogens with zero attached hydrogens (tertiary/aromatic N) is 2. The van der Waals surface area contributed by atoms with Crippen LogP contribution < -0.4 is 21.5 Å². The molecule has 0 radical (unpaired) electrons. The summed E-state index contributed by atoms with van der Waals surface area (Å²) in [7, 11) is 0. The molecule has 0 amide bonds. The van der Waals surface area contributed by atoms with Crippen molar-refractivity contribution in [3.8, 4) is 0 Å². The SMILES string of the molecule is CCN(c1nc[nH]c(=O)c1N)C1CCCNC1. The van der Waals surface area contributed by atoms with Crippen LogP contribution >= 0.6 is 0 Å². The molecule has 1 aromatic heterocycles. The zero-order chi connectivity index (χ0) is 12.3. The van der Waals surface area contributed by atoms with E-state index in [1.165, 1.54) is 6.33 Å². The van der Waals surface area contributed by atoms with Crippen molar-refractivity contribution < 1.29 is 0 Å². The second-order valence-corrected chi connectivity index (χ2v) is 4.26. The van der Waals surface area contributed by atoms with Crippen LogP contribution in [-0.2, 0) is 0 Å². The van der Waals surface area contributed by atoms with Crippen molar-refractivity contribution in [2.24, 2.45) is 0 Å². The third-order valence-electron chi connectivity index (χ3n) is 3.19. The number of nitrogens with two attached hydrogens (primary N) is 1. The van der Waals surface area contributed by atoms with E-state index in [4.69, 9.17) is 5.73 Å². The lowest BCUT2D eigenvalue weighted by molar-refractivity contribution is 0.433. The Hall–Kier alpha value is -1.56. The molecule has 0 saturated carbocycles. The maximum Gasteiger partial charge on any atom is 0.276 e. The molecule has 1 atom stereocenters. The maximum atomic E-state index is 11.5. The van der Waals surface area contributed by atoms with E-state index in [0.717, 1.165) is 32.5 Å². The number of nitrogens with one attached hydrogen (secondary N) is 2. The Morgan fingerprint density at radius 3 is 3.12 bits per heavy atom. The van der Waals surface area contributed by atoms with Crippen LogP contribution in [0.4, 0.5) is 11.5 Å². The van der Waals surface area contributed by atoms with Crippen molar-refractivity contribution >= 4 is 11.5 Å². The number of nitrogen functional groups attached to an aromatic ring is 1. The number of rotatable bonds is 3. The fraction of sp³-hybridized carbons (Fsp3) is 0.636. The molecule has 1 saturated heterocycles. The van der Waals surface area contributed by atoms with Crippen LogP contribution in [0.1, 0.15) is 19.8 Å². The first kappa shape index (κ1) is 11.9. The number of likely N-dealkylation sites (N-methyl/N-ethyl adjacent to an activating group) is 1. The van der Waals surface area contributed by atoms with Gasteiger partial charge in [-0.25, -0.2) is 4.98 Å². The molecule has 0 aromatic carbocycles. The highest BCUT2D eigenvalue weighted by molar-refractivity contribution is 5.61. The molecule has 0 bridgehead atoms. The lowest BCUT2D eigenvalue weighted by Crippen LogP contribution is -2.47. The first-order valence-electron chi connectivity index (χ1n) is 6.04. The first-order valence-corrected chi connectivity index (χ1v) is 6.04. The Morgan fingerprint density at radius 1 is 1.65 bits per heavy atom. The van der Waals surface area contributed by atoms with E-state index in [-0.39, 0.29) is 11.2 Å². The van der Waals surface area contributed by atoms with Crippen molar-refractivity contribution in [3.05, 3.63) is 16.7 Å². The number of H-pyrrole nitrogens is 1. The summed E-state index contributed by atoms with van der Waals surface area (Å²) in [5, 5.41) is 3.36. The zero-order valence-electron chi connectivity index (χ0n) is 10.1. The van der Waals surface area contributed by atoms with Crippen LogP contribution in [0.15, 0.2) is 11.1 Å². The average Bonchev–Trinajstić information content (AvgIpc) is 2.37. The fourth-order valence-corrected chi connectivity index (χ4v) is 2.31. The molecule has 1 fully saturated rings. The predicted molar refractivity (Wildman–Crippen MR) is 68.2 cm³/mol. The smallest absolute Gasteiger partial charge is 0.276 e. The summed E-state index contributed by atoms with van der Waals surface area (Å²) < 4.78 is 0. The van der Waals surface area contributed by atoms with Crippen LogP contribution in [0.5, 0.6) is 0 Å². The molecule has 94 valence electrons. The molecule has 2 rings (SSSR count). The molecule has 17 heavy (non-hydrogen) atoms. The van der Waals surface area contributed by atoms with Gasteiger partial charge in [-0.15, -0.1) is 0 Å². The van der Waals surface area contributed by atoms with E-state index in [1.54, 1.807) is 0 Å². The van der Waals surface area contributed by atoms with Crippen LogP contribution in [0.2, 0.25) is 0 Å². The Kier molecular flexibility index (Phi) is 3.63. The third-order valence-corrected chi connectivity index (χ3v) is 3.19. The summed E-state index contributed by atoms with van der Waals surface area (Å²) in [6, 6.07) is 0.366. The number of anilines is 2. The van der Waals surface area contributed by atoms with Crippen molar-refractivity contribution in [1.82, 2.24) is 15.3 Å². The molecular formula is C11H19N5O.